The summed E-state index contributed by atoms with van der Waals surface area (Å²) in [5.41, 5.74) is 5.32. The fraction of sp³-hybridized carbons (Fsp3) is 0.543. The number of phosphoric acid groups is 1. The summed E-state index contributed by atoms with van der Waals surface area (Å²) in [4.78, 5) is 45.9. The first-order valence-corrected chi connectivity index (χ1v) is 22.5. The Balaban J connectivity index is 4.62. The summed E-state index contributed by atoms with van der Waals surface area (Å²) >= 11 is 0. The zero-order valence-corrected chi connectivity index (χ0v) is 36.3. The van der Waals surface area contributed by atoms with E-state index in [0.717, 1.165) is 70.6 Å². The van der Waals surface area contributed by atoms with Crippen LogP contribution in [0.15, 0.2) is 109 Å². The lowest BCUT2D eigenvalue weighted by Gasteiger charge is -2.20. The van der Waals surface area contributed by atoms with Gasteiger partial charge in [-0.2, -0.15) is 0 Å². The normalized spacial score (nSPS) is 15.3. The summed E-state index contributed by atoms with van der Waals surface area (Å²) in [5, 5.41) is 18.9. The summed E-state index contributed by atoms with van der Waals surface area (Å²) in [7, 11) is -4.76. The van der Waals surface area contributed by atoms with E-state index in [0.29, 0.717) is 25.7 Å². The average Bonchev–Trinajstić information content (AvgIpc) is 3.21. The highest BCUT2D eigenvalue weighted by atomic mass is 31.2. The molecule has 12 nitrogen and oxygen atoms in total. The summed E-state index contributed by atoms with van der Waals surface area (Å²) in [6.45, 7) is 2.38. The Bertz CT molecular complexity index is 1430. The van der Waals surface area contributed by atoms with E-state index in [1.807, 2.05) is 54.7 Å². The van der Waals surface area contributed by atoms with Crippen molar-refractivity contribution in [3.05, 3.63) is 109 Å². The first-order chi connectivity index (χ1) is 28.5. The molecule has 4 atom stereocenters. The van der Waals surface area contributed by atoms with Crippen LogP contribution in [0.1, 0.15) is 123 Å². The maximum absolute atomic E-state index is 12.6. The highest BCUT2D eigenvalue weighted by Gasteiger charge is 2.28. The zero-order valence-electron chi connectivity index (χ0n) is 35.4. The maximum atomic E-state index is 12.6. The molecule has 0 aromatic rings. The SMILES string of the molecule is CC/C=C\C/C=C\C/C=C\CCCCCCCC(=O)OC[C@H](COP(=O)(O)OC[C@H](N)C(=O)O)OC(=O)CC/C=C\C/C=C\C/C=C\C=C\C(O)C/C=C\C/C=C\CC. The molecule has 0 aliphatic carbocycles. The lowest BCUT2D eigenvalue weighted by atomic mass is 10.1. The monoisotopic (exact) mass is 845 g/mol. The number of carbonyl (C=O) groups excluding carboxylic acids is 2. The van der Waals surface area contributed by atoms with Gasteiger partial charge in [0.05, 0.1) is 19.3 Å². The second-order valence-electron chi connectivity index (χ2n) is 13.6. The molecule has 0 radical (unpaired) electrons. The summed E-state index contributed by atoms with van der Waals surface area (Å²) < 4.78 is 32.5. The summed E-state index contributed by atoms with van der Waals surface area (Å²) in [5.74, 6) is -2.56. The van der Waals surface area contributed by atoms with Crippen LogP contribution >= 0.6 is 7.82 Å². The number of allylic oxidation sites excluding steroid dienone is 16. The van der Waals surface area contributed by atoms with Gasteiger partial charge in [0.1, 0.15) is 12.6 Å². The molecule has 0 aromatic carbocycles. The molecule has 0 aliphatic rings. The van der Waals surface area contributed by atoms with Crippen LogP contribution in [0.4, 0.5) is 0 Å². The number of aliphatic carboxylic acids is 1. The highest BCUT2D eigenvalue weighted by Crippen LogP contribution is 2.43. The lowest BCUT2D eigenvalue weighted by Crippen LogP contribution is -2.34. The first kappa shape index (κ1) is 55.1. The third kappa shape index (κ3) is 39.3. The number of aliphatic hydroxyl groups is 1. The van der Waals surface area contributed by atoms with E-state index < -0.39 is 63.8 Å². The minimum atomic E-state index is -4.76. The predicted octanol–water partition coefficient (Wildman–Crippen LogP) is 10.0. The number of esters is 2. The van der Waals surface area contributed by atoms with E-state index in [2.05, 4.69) is 67.0 Å². The lowest BCUT2D eigenvalue weighted by molar-refractivity contribution is -0.161. The molecule has 0 saturated carbocycles. The number of aliphatic hydroxyl groups excluding tert-OH is 1. The fourth-order valence-electron chi connectivity index (χ4n) is 4.83. The summed E-state index contributed by atoms with van der Waals surface area (Å²) in [6, 6.07) is -1.55. The van der Waals surface area contributed by atoms with Crippen LogP contribution in [0.5, 0.6) is 0 Å². The number of hydrogen-bond donors (Lipinski definition) is 4. The van der Waals surface area contributed by atoms with Crippen LogP contribution in [0.25, 0.3) is 0 Å². The molecule has 5 N–H and O–H groups in total. The number of rotatable bonds is 37. The third-order valence-corrected chi connectivity index (χ3v) is 9.06. The van der Waals surface area contributed by atoms with Crippen molar-refractivity contribution in [3.63, 3.8) is 0 Å². The molecular weight excluding hydrogens is 773 g/mol. The van der Waals surface area contributed by atoms with Gasteiger partial charge in [-0.3, -0.25) is 23.4 Å². The average molecular weight is 846 g/mol. The van der Waals surface area contributed by atoms with Gasteiger partial charge in [0, 0.05) is 12.8 Å². The molecule has 59 heavy (non-hydrogen) atoms. The van der Waals surface area contributed by atoms with Gasteiger partial charge in [0.15, 0.2) is 6.10 Å². The van der Waals surface area contributed by atoms with E-state index in [4.69, 9.17) is 24.8 Å². The van der Waals surface area contributed by atoms with Crippen molar-refractivity contribution in [1.29, 1.82) is 0 Å². The van der Waals surface area contributed by atoms with E-state index in [1.165, 1.54) is 0 Å². The molecular formula is C46H72NO11P. The van der Waals surface area contributed by atoms with Crippen LogP contribution in [0.2, 0.25) is 0 Å². The van der Waals surface area contributed by atoms with Crippen LogP contribution in [-0.4, -0.2) is 71.1 Å². The van der Waals surface area contributed by atoms with Crippen LogP contribution in [-0.2, 0) is 37.5 Å². The van der Waals surface area contributed by atoms with Gasteiger partial charge in [-0.25, -0.2) is 4.57 Å². The molecule has 0 saturated heterocycles. The molecule has 0 aliphatic heterocycles. The zero-order chi connectivity index (χ0) is 43.7. The van der Waals surface area contributed by atoms with Crippen LogP contribution in [0, 0.1) is 0 Å². The minimum Gasteiger partial charge on any atom is -0.480 e. The molecule has 0 amide bonds. The quantitative estimate of drug-likeness (QED) is 0.0152. The molecule has 0 heterocycles. The van der Waals surface area contributed by atoms with Crippen molar-refractivity contribution >= 4 is 25.7 Å². The first-order valence-electron chi connectivity index (χ1n) is 21.0. The van der Waals surface area contributed by atoms with Crippen molar-refractivity contribution in [1.82, 2.24) is 0 Å². The Morgan fingerprint density at radius 1 is 0.610 bits per heavy atom. The van der Waals surface area contributed by atoms with Gasteiger partial charge < -0.3 is 30.3 Å². The number of carboxylic acid groups (broad SMARTS) is 1. The molecule has 0 fully saturated rings. The van der Waals surface area contributed by atoms with Crippen molar-refractivity contribution in [2.45, 2.75) is 141 Å². The Morgan fingerprint density at radius 3 is 1.76 bits per heavy atom. The molecule has 13 heteroatoms. The Labute approximate surface area is 353 Å². The Morgan fingerprint density at radius 2 is 1.14 bits per heavy atom. The number of ether oxygens (including phenoxy) is 2. The highest BCUT2D eigenvalue weighted by molar-refractivity contribution is 7.47. The molecule has 2 unspecified atom stereocenters. The molecule has 332 valence electrons. The second kappa shape index (κ2) is 39.6. The number of carbonyl (C=O) groups is 3. The number of hydrogen-bond acceptors (Lipinski definition) is 10. The van der Waals surface area contributed by atoms with Gasteiger partial charge in [-0.1, -0.05) is 142 Å². The number of carboxylic acids is 1. The van der Waals surface area contributed by atoms with Crippen molar-refractivity contribution in [2.75, 3.05) is 19.8 Å². The van der Waals surface area contributed by atoms with Gasteiger partial charge in [0.25, 0.3) is 0 Å². The molecule has 0 bridgehead atoms. The fourth-order valence-corrected chi connectivity index (χ4v) is 5.61. The van der Waals surface area contributed by atoms with Gasteiger partial charge in [-0.05, 0) is 77.0 Å². The van der Waals surface area contributed by atoms with E-state index >= 15 is 0 Å². The van der Waals surface area contributed by atoms with Crippen molar-refractivity contribution in [2.24, 2.45) is 5.73 Å². The predicted molar refractivity (Wildman–Crippen MR) is 236 cm³/mol. The smallest absolute Gasteiger partial charge is 0.472 e. The Kier molecular flexibility index (Phi) is 36.9. The third-order valence-electron chi connectivity index (χ3n) is 8.11. The van der Waals surface area contributed by atoms with Crippen LogP contribution < -0.4 is 5.73 Å². The number of unbranched alkanes of at least 4 members (excludes halogenated alkanes) is 5. The van der Waals surface area contributed by atoms with E-state index in [9.17, 15) is 28.9 Å². The summed E-state index contributed by atoms with van der Waals surface area (Å²) in [6.07, 6.45) is 47.7. The molecule has 0 aromatic heterocycles. The Hall–Kier alpha value is -3.90. The molecule has 0 rings (SSSR count). The second-order valence-corrected chi connectivity index (χ2v) is 15.0. The van der Waals surface area contributed by atoms with Gasteiger partial charge in [0.2, 0.25) is 0 Å². The minimum absolute atomic E-state index is 0.00180. The number of phosphoric ester groups is 1. The van der Waals surface area contributed by atoms with Crippen molar-refractivity contribution < 1.29 is 52.6 Å². The van der Waals surface area contributed by atoms with Crippen LogP contribution in [0.3, 0.4) is 0 Å². The van der Waals surface area contributed by atoms with Crippen molar-refractivity contribution in [3.8, 4) is 0 Å². The topological polar surface area (TPSA) is 192 Å². The van der Waals surface area contributed by atoms with Gasteiger partial charge >= 0.3 is 25.7 Å². The van der Waals surface area contributed by atoms with Gasteiger partial charge in [-0.15, -0.1) is 0 Å². The molecule has 0 spiro atoms. The van der Waals surface area contributed by atoms with E-state index in [1.54, 1.807) is 6.08 Å². The maximum Gasteiger partial charge on any atom is 0.472 e. The largest absolute Gasteiger partial charge is 0.480 e. The van der Waals surface area contributed by atoms with E-state index in [-0.39, 0.29) is 12.8 Å². The standard InChI is InChI=1S/C46H72NO11P/c1-3-5-7-9-11-12-13-14-15-16-17-21-24-28-32-36-44(49)55-38-42(39-56-59(53,54)57-40-43(47)46(51)52)58-45(50)37-33-29-25-22-19-18-20-23-27-31-35-41(48)34-30-26-10-8-6-4-2/h5-8,11-12,14-15,18-19,23,25-27,29-31,35,41-43,48H,3-4,9-10,13,16-17,20-22,24,28,32-34,36-40,47H2,1-2H3,(H,51,52)(H,53,54)/b7-5-,8-6-,12-11-,15-14-,19-18-,27-23-,29-25-,30-26-,35-31+/t41?,42-,43+/m1/s1. The number of nitrogens with two attached hydrogens (primary N) is 1.